The molecular formula is C14H29N3. The van der Waals surface area contributed by atoms with Gasteiger partial charge in [0.1, 0.15) is 0 Å². The molecule has 0 spiro atoms. The Hall–Kier alpha value is -0.120. The second-order valence-corrected chi connectivity index (χ2v) is 5.92. The highest BCUT2D eigenvalue weighted by Gasteiger charge is 2.30. The van der Waals surface area contributed by atoms with Crippen molar-refractivity contribution in [2.45, 2.75) is 39.2 Å². The molecule has 1 aliphatic carbocycles. The van der Waals surface area contributed by atoms with E-state index in [9.17, 15) is 0 Å². The third kappa shape index (κ3) is 3.21. The molecule has 0 radical (unpaired) electrons. The van der Waals surface area contributed by atoms with E-state index in [1.165, 1.54) is 52.0 Å². The molecule has 100 valence electrons. The van der Waals surface area contributed by atoms with Crippen molar-refractivity contribution in [2.75, 3.05) is 39.3 Å². The molecule has 1 aliphatic heterocycles. The van der Waals surface area contributed by atoms with Crippen molar-refractivity contribution in [3.63, 3.8) is 0 Å². The summed E-state index contributed by atoms with van der Waals surface area (Å²) in [6, 6.07) is 0.728. The maximum atomic E-state index is 5.87. The lowest BCUT2D eigenvalue weighted by Gasteiger charge is -2.40. The average Bonchev–Trinajstić information content (AvgIpc) is 2.76. The highest BCUT2D eigenvalue weighted by molar-refractivity contribution is 4.84. The zero-order valence-electron chi connectivity index (χ0n) is 11.6. The summed E-state index contributed by atoms with van der Waals surface area (Å²) in [6.45, 7) is 11.8. The maximum absolute atomic E-state index is 5.87. The summed E-state index contributed by atoms with van der Waals surface area (Å²) in [5, 5.41) is 0. The van der Waals surface area contributed by atoms with E-state index < -0.39 is 0 Å². The van der Waals surface area contributed by atoms with Crippen LogP contribution in [0, 0.1) is 11.8 Å². The van der Waals surface area contributed by atoms with Gasteiger partial charge >= 0.3 is 0 Å². The molecule has 2 aliphatic rings. The van der Waals surface area contributed by atoms with Crippen LogP contribution in [0.25, 0.3) is 0 Å². The standard InChI is InChI=1S/C14H29N3/c1-3-17-8-7-16(10-12(17)2)11-14-6-4-5-13(14)9-15/h12-14H,3-11,15H2,1-2H3. The number of likely N-dealkylation sites (N-methyl/N-ethyl adjacent to an activating group) is 1. The maximum Gasteiger partial charge on any atom is 0.0195 e. The molecule has 0 aromatic rings. The Bertz CT molecular complexity index is 232. The number of hydrogen-bond acceptors (Lipinski definition) is 3. The fourth-order valence-corrected chi connectivity index (χ4v) is 3.70. The molecule has 1 saturated heterocycles. The van der Waals surface area contributed by atoms with E-state index in [4.69, 9.17) is 5.73 Å². The fraction of sp³-hybridized carbons (Fsp3) is 1.00. The van der Waals surface area contributed by atoms with Gasteiger partial charge in [-0.3, -0.25) is 4.90 Å². The Kier molecular flexibility index (Phi) is 4.83. The van der Waals surface area contributed by atoms with Crippen molar-refractivity contribution >= 4 is 0 Å². The molecule has 0 aromatic heterocycles. The molecule has 0 aromatic carbocycles. The second-order valence-electron chi connectivity index (χ2n) is 5.92. The summed E-state index contributed by atoms with van der Waals surface area (Å²) >= 11 is 0. The Morgan fingerprint density at radius 2 is 1.94 bits per heavy atom. The molecule has 2 fully saturated rings. The number of hydrogen-bond donors (Lipinski definition) is 1. The van der Waals surface area contributed by atoms with Crippen LogP contribution in [0.3, 0.4) is 0 Å². The van der Waals surface area contributed by atoms with Gasteiger partial charge in [0.05, 0.1) is 0 Å². The molecular weight excluding hydrogens is 210 g/mol. The van der Waals surface area contributed by atoms with Crippen LogP contribution in [0.1, 0.15) is 33.1 Å². The molecule has 1 saturated carbocycles. The van der Waals surface area contributed by atoms with E-state index in [0.29, 0.717) is 0 Å². The highest BCUT2D eigenvalue weighted by Crippen LogP contribution is 2.31. The van der Waals surface area contributed by atoms with Crippen LogP contribution >= 0.6 is 0 Å². The first-order valence-electron chi connectivity index (χ1n) is 7.41. The SMILES string of the molecule is CCN1CCN(CC2CCCC2CN)CC1C. The summed E-state index contributed by atoms with van der Waals surface area (Å²) in [4.78, 5) is 5.26. The van der Waals surface area contributed by atoms with Crippen molar-refractivity contribution in [1.82, 2.24) is 9.80 Å². The summed E-state index contributed by atoms with van der Waals surface area (Å²) in [5.74, 6) is 1.68. The van der Waals surface area contributed by atoms with Gasteiger partial charge in [-0.2, -0.15) is 0 Å². The van der Waals surface area contributed by atoms with Crippen molar-refractivity contribution in [2.24, 2.45) is 17.6 Å². The van der Waals surface area contributed by atoms with E-state index in [-0.39, 0.29) is 0 Å². The largest absolute Gasteiger partial charge is 0.330 e. The van der Waals surface area contributed by atoms with Gasteiger partial charge in [-0.15, -0.1) is 0 Å². The first-order valence-corrected chi connectivity index (χ1v) is 7.41. The minimum Gasteiger partial charge on any atom is -0.330 e. The van der Waals surface area contributed by atoms with E-state index >= 15 is 0 Å². The Labute approximate surface area is 106 Å². The van der Waals surface area contributed by atoms with Crippen molar-refractivity contribution in [1.29, 1.82) is 0 Å². The number of nitrogens with zero attached hydrogens (tertiary/aromatic N) is 2. The van der Waals surface area contributed by atoms with Crippen LogP contribution in [0.15, 0.2) is 0 Å². The summed E-state index contributed by atoms with van der Waals surface area (Å²) < 4.78 is 0. The predicted octanol–water partition coefficient (Wildman–Crippen LogP) is 1.39. The molecule has 3 unspecified atom stereocenters. The van der Waals surface area contributed by atoms with E-state index in [1.54, 1.807) is 0 Å². The van der Waals surface area contributed by atoms with Crippen LogP contribution in [0.4, 0.5) is 0 Å². The van der Waals surface area contributed by atoms with Crippen LogP contribution in [0.5, 0.6) is 0 Å². The number of nitrogens with two attached hydrogens (primary N) is 1. The Morgan fingerprint density at radius 1 is 1.18 bits per heavy atom. The Balaban J connectivity index is 1.80. The lowest BCUT2D eigenvalue weighted by Crippen LogP contribution is -2.52. The van der Waals surface area contributed by atoms with Crippen molar-refractivity contribution < 1.29 is 0 Å². The molecule has 3 nitrogen and oxygen atoms in total. The topological polar surface area (TPSA) is 32.5 Å². The van der Waals surface area contributed by atoms with Crippen LogP contribution < -0.4 is 5.73 Å². The monoisotopic (exact) mass is 239 g/mol. The first kappa shape index (κ1) is 13.3. The lowest BCUT2D eigenvalue weighted by atomic mass is 9.95. The van der Waals surface area contributed by atoms with E-state index in [0.717, 1.165) is 24.4 Å². The molecule has 3 heteroatoms. The van der Waals surface area contributed by atoms with Crippen LogP contribution in [-0.4, -0.2) is 55.1 Å². The second kappa shape index (κ2) is 6.17. The van der Waals surface area contributed by atoms with Gasteiger partial charge in [-0.1, -0.05) is 13.3 Å². The van der Waals surface area contributed by atoms with Crippen LogP contribution in [0.2, 0.25) is 0 Å². The number of piperazine rings is 1. The van der Waals surface area contributed by atoms with Crippen molar-refractivity contribution in [3.05, 3.63) is 0 Å². The normalized spacial score (nSPS) is 36.5. The predicted molar refractivity (Wildman–Crippen MR) is 73.0 cm³/mol. The lowest BCUT2D eigenvalue weighted by molar-refractivity contribution is 0.0726. The summed E-state index contributed by atoms with van der Waals surface area (Å²) in [6.07, 6.45) is 4.17. The number of rotatable bonds is 4. The van der Waals surface area contributed by atoms with Gasteiger partial charge in [-0.25, -0.2) is 0 Å². The zero-order chi connectivity index (χ0) is 12.3. The average molecular weight is 239 g/mol. The van der Waals surface area contributed by atoms with Gasteiger partial charge in [0, 0.05) is 32.2 Å². The van der Waals surface area contributed by atoms with Gasteiger partial charge in [0.25, 0.3) is 0 Å². The van der Waals surface area contributed by atoms with Gasteiger partial charge in [-0.05, 0) is 44.7 Å². The summed E-state index contributed by atoms with van der Waals surface area (Å²) in [5.41, 5.74) is 5.87. The molecule has 0 amide bonds. The third-order valence-corrected chi connectivity index (χ3v) is 4.87. The highest BCUT2D eigenvalue weighted by atomic mass is 15.3. The van der Waals surface area contributed by atoms with Gasteiger partial charge < -0.3 is 10.6 Å². The summed E-state index contributed by atoms with van der Waals surface area (Å²) in [7, 11) is 0. The smallest absolute Gasteiger partial charge is 0.0195 e. The first-order chi connectivity index (χ1) is 8.24. The van der Waals surface area contributed by atoms with E-state index in [2.05, 4.69) is 23.6 Å². The van der Waals surface area contributed by atoms with Gasteiger partial charge in [0.2, 0.25) is 0 Å². The van der Waals surface area contributed by atoms with E-state index in [1.807, 2.05) is 0 Å². The molecule has 3 atom stereocenters. The molecule has 1 heterocycles. The Morgan fingerprint density at radius 3 is 2.59 bits per heavy atom. The fourth-order valence-electron chi connectivity index (χ4n) is 3.70. The minimum atomic E-state index is 0.728. The molecule has 2 N–H and O–H groups in total. The molecule has 2 rings (SSSR count). The third-order valence-electron chi connectivity index (χ3n) is 4.87. The molecule has 0 bridgehead atoms. The minimum absolute atomic E-state index is 0.728. The van der Waals surface area contributed by atoms with Crippen molar-refractivity contribution in [3.8, 4) is 0 Å². The zero-order valence-corrected chi connectivity index (χ0v) is 11.6. The van der Waals surface area contributed by atoms with Crippen LogP contribution in [-0.2, 0) is 0 Å². The molecule has 17 heavy (non-hydrogen) atoms. The quantitative estimate of drug-likeness (QED) is 0.804. The van der Waals surface area contributed by atoms with Gasteiger partial charge in [0.15, 0.2) is 0 Å².